The van der Waals surface area contributed by atoms with Crippen molar-refractivity contribution in [3.63, 3.8) is 0 Å². The van der Waals surface area contributed by atoms with E-state index in [1.54, 1.807) is 4.68 Å². The van der Waals surface area contributed by atoms with E-state index >= 15 is 0 Å². The Kier molecular flexibility index (Phi) is 4.85. The molecule has 1 aromatic rings. The number of nitrogens with one attached hydrogen (secondary N) is 2. The van der Waals surface area contributed by atoms with Crippen LogP contribution in [0.2, 0.25) is 0 Å². The standard InChI is InChI=1S/C15H25N5O/c21-15(17-13-4-2-1-3-5-13)11-20-10-14(18-19-20)9-16-8-12-6-7-12/h10,12-13,16H,1-9,11H2,(H,17,21). The second-order valence-corrected chi connectivity index (χ2v) is 6.38. The van der Waals surface area contributed by atoms with Crippen LogP contribution in [0.3, 0.4) is 0 Å². The van der Waals surface area contributed by atoms with E-state index in [1.165, 1.54) is 32.1 Å². The first-order chi connectivity index (χ1) is 10.3. The van der Waals surface area contributed by atoms with Gasteiger partial charge in [0, 0.05) is 12.6 Å². The molecule has 6 nitrogen and oxygen atoms in total. The molecule has 2 fully saturated rings. The predicted molar refractivity (Wildman–Crippen MR) is 79.5 cm³/mol. The molecule has 0 spiro atoms. The molecule has 0 aliphatic heterocycles. The molecule has 0 unspecified atom stereocenters. The molecule has 0 radical (unpaired) electrons. The summed E-state index contributed by atoms with van der Waals surface area (Å²) in [5.41, 5.74) is 0.904. The maximum absolute atomic E-state index is 12.0. The van der Waals surface area contributed by atoms with Gasteiger partial charge < -0.3 is 10.6 Å². The van der Waals surface area contributed by atoms with E-state index in [0.29, 0.717) is 6.04 Å². The van der Waals surface area contributed by atoms with E-state index in [-0.39, 0.29) is 12.5 Å². The monoisotopic (exact) mass is 291 g/mol. The van der Waals surface area contributed by atoms with Crippen LogP contribution in [0.15, 0.2) is 6.20 Å². The average molecular weight is 291 g/mol. The van der Waals surface area contributed by atoms with Crippen LogP contribution < -0.4 is 10.6 Å². The molecule has 21 heavy (non-hydrogen) atoms. The smallest absolute Gasteiger partial charge is 0.242 e. The third kappa shape index (κ3) is 4.81. The third-order valence-electron chi connectivity index (χ3n) is 4.30. The summed E-state index contributed by atoms with van der Waals surface area (Å²) in [6, 6.07) is 0.356. The Labute approximate surface area is 125 Å². The molecule has 2 aliphatic carbocycles. The minimum absolute atomic E-state index is 0.0456. The minimum atomic E-state index is 0.0456. The van der Waals surface area contributed by atoms with Crippen molar-refractivity contribution < 1.29 is 4.79 Å². The topological polar surface area (TPSA) is 71.8 Å². The summed E-state index contributed by atoms with van der Waals surface area (Å²) in [4.78, 5) is 12.0. The van der Waals surface area contributed by atoms with E-state index in [9.17, 15) is 4.79 Å². The van der Waals surface area contributed by atoms with Gasteiger partial charge in [0.15, 0.2) is 0 Å². The molecular weight excluding hydrogens is 266 g/mol. The van der Waals surface area contributed by atoms with Crippen molar-refractivity contribution in [3.8, 4) is 0 Å². The molecule has 6 heteroatoms. The van der Waals surface area contributed by atoms with Crippen molar-refractivity contribution in [1.29, 1.82) is 0 Å². The molecule has 3 rings (SSSR count). The second kappa shape index (κ2) is 7.02. The lowest BCUT2D eigenvalue weighted by Crippen LogP contribution is -2.38. The molecule has 1 heterocycles. The Hall–Kier alpha value is -1.43. The van der Waals surface area contributed by atoms with Crippen molar-refractivity contribution in [2.24, 2.45) is 5.92 Å². The van der Waals surface area contributed by atoms with Crippen molar-refractivity contribution >= 4 is 5.91 Å². The summed E-state index contributed by atoms with van der Waals surface area (Å²) < 4.78 is 1.63. The lowest BCUT2D eigenvalue weighted by atomic mass is 9.95. The van der Waals surface area contributed by atoms with Crippen LogP contribution in [0.5, 0.6) is 0 Å². The first kappa shape index (κ1) is 14.5. The van der Waals surface area contributed by atoms with Gasteiger partial charge in [-0.2, -0.15) is 0 Å². The van der Waals surface area contributed by atoms with Crippen molar-refractivity contribution in [3.05, 3.63) is 11.9 Å². The first-order valence-electron chi connectivity index (χ1n) is 8.18. The van der Waals surface area contributed by atoms with E-state index in [2.05, 4.69) is 20.9 Å². The number of carbonyl (C=O) groups is 1. The van der Waals surface area contributed by atoms with Crippen molar-refractivity contribution in [2.45, 2.75) is 64.1 Å². The molecule has 1 aromatic heterocycles. The lowest BCUT2D eigenvalue weighted by Gasteiger charge is -2.22. The number of hydrogen-bond donors (Lipinski definition) is 2. The molecule has 1 amide bonds. The zero-order valence-corrected chi connectivity index (χ0v) is 12.6. The highest BCUT2D eigenvalue weighted by molar-refractivity contribution is 5.75. The minimum Gasteiger partial charge on any atom is -0.352 e. The number of rotatable bonds is 7. The van der Waals surface area contributed by atoms with Gasteiger partial charge in [-0.25, -0.2) is 4.68 Å². The Balaban J connectivity index is 1.39. The molecular formula is C15H25N5O. The van der Waals surface area contributed by atoms with E-state index in [1.807, 2.05) is 6.20 Å². The van der Waals surface area contributed by atoms with E-state index in [4.69, 9.17) is 0 Å². The zero-order chi connectivity index (χ0) is 14.5. The molecule has 0 atom stereocenters. The lowest BCUT2D eigenvalue weighted by molar-refractivity contribution is -0.122. The van der Waals surface area contributed by atoms with Crippen molar-refractivity contribution in [1.82, 2.24) is 25.6 Å². The van der Waals surface area contributed by atoms with Gasteiger partial charge in [0.2, 0.25) is 5.91 Å². The predicted octanol–water partition coefficient (Wildman–Crippen LogP) is 1.23. The summed E-state index contributed by atoms with van der Waals surface area (Å²) in [6.45, 7) is 2.07. The van der Waals surface area contributed by atoms with Crippen LogP contribution >= 0.6 is 0 Å². The number of carbonyl (C=O) groups excluding carboxylic acids is 1. The van der Waals surface area contributed by atoms with Crippen LogP contribution in [0.4, 0.5) is 0 Å². The fourth-order valence-electron chi connectivity index (χ4n) is 2.89. The molecule has 116 valence electrons. The van der Waals surface area contributed by atoms with Crippen LogP contribution in [-0.2, 0) is 17.9 Å². The van der Waals surface area contributed by atoms with Gasteiger partial charge in [-0.05, 0) is 38.1 Å². The maximum atomic E-state index is 12.0. The van der Waals surface area contributed by atoms with Crippen LogP contribution in [0, 0.1) is 5.92 Å². The highest BCUT2D eigenvalue weighted by Gasteiger charge is 2.20. The summed E-state index contributed by atoms with van der Waals surface area (Å²) in [5, 5.41) is 14.6. The fraction of sp³-hybridized carbons (Fsp3) is 0.800. The van der Waals surface area contributed by atoms with Gasteiger partial charge in [-0.15, -0.1) is 5.10 Å². The van der Waals surface area contributed by atoms with Crippen LogP contribution in [0.25, 0.3) is 0 Å². The number of nitrogens with zero attached hydrogens (tertiary/aromatic N) is 3. The van der Waals surface area contributed by atoms with Gasteiger partial charge in [-0.1, -0.05) is 24.5 Å². The van der Waals surface area contributed by atoms with Crippen molar-refractivity contribution in [2.75, 3.05) is 6.54 Å². The molecule has 2 saturated carbocycles. The summed E-state index contributed by atoms with van der Waals surface area (Å²) >= 11 is 0. The van der Waals surface area contributed by atoms with Gasteiger partial charge in [0.05, 0.1) is 11.9 Å². The summed E-state index contributed by atoms with van der Waals surface area (Å²) in [6.07, 6.45) is 10.5. The highest BCUT2D eigenvalue weighted by Crippen LogP contribution is 2.27. The molecule has 2 aliphatic rings. The Morgan fingerprint density at radius 3 is 2.81 bits per heavy atom. The molecule has 0 saturated heterocycles. The number of aromatic nitrogens is 3. The summed E-state index contributed by atoms with van der Waals surface area (Å²) in [5.74, 6) is 0.908. The normalized spacial score (nSPS) is 19.6. The number of hydrogen-bond acceptors (Lipinski definition) is 4. The highest BCUT2D eigenvalue weighted by atomic mass is 16.2. The maximum Gasteiger partial charge on any atom is 0.242 e. The average Bonchev–Trinajstić information content (AvgIpc) is 3.20. The van der Waals surface area contributed by atoms with E-state index in [0.717, 1.165) is 37.5 Å². The van der Waals surface area contributed by atoms with E-state index < -0.39 is 0 Å². The SMILES string of the molecule is O=C(Cn1cc(CNCC2CC2)nn1)NC1CCCCC1. The Morgan fingerprint density at radius 1 is 1.24 bits per heavy atom. The first-order valence-corrected chi connectivity index (χ1v) is 8.18. The van der Waals surface area contributed by atoms with Gasteiger partial charge in [0.1, 0.15) is 6.54 Å². The second-order valence-electron chi connectivity index (χ2n) is 6.38. The summed E-state index contributed by atoms with van der Waals surface area (Å²) in [7, 11) is 0. The van der Waals surface area contributed by atoms with Crippen LogP contribution in [-0.4, -0.2) is 33.5 Å². The largest absolute Gasteiger partial charge is 0.352 e. The van der Waals surface area contributed by atoms with Gasteiger partial charge >= 0.3 is 0 Å². The number of amides is 1. The Morgan fingerprint density at radius 2 is 2.05 bits per heavy atom. The van der Waals surface area contributed by atoms with Crippen LogP contribution in [0.1, 0.15) is 50.6 Å². The molecule has 0 aromatic carbocycles. The fourth-order valence-corrected chi connectivity index (χ4v) is 2.89. The third-order valence-corrected chi connectivity index (χ3v) is 4.30. The molecule has 0 bridgehead atoms. The van der Waals surface area contributed by atoms with Gasteiger partial charge in [-0.3, -0.25) is 4.79 Å². The quantitative estimate of drug-likeness (QED) is 0.792. The Bertz CT molecular complexity index is 462. The zero-order valence-electron chi connectivity index (χ0n) is 12.6. The van der Waals surface area contributed by atoms with Gasteiger partial charge in [0.25, 0.3) is 0 Å². The molecule has 2 N–H and O–H groups in total.